The van der Waals surface area contributed by atoms with Crippen LogP contribution < -0.4 is 4.90 Å². The molecule has 1 amide bonds. The first-order chi connectivity index (χ1) is 17.0. The lowest BCUT2D eigenvalue weighted by Crippen LogP contribution is -2.47. The molecule has 2 heterocycles. The summed E-state index contributed by atoms with van der Waals surface area (Å²) in [7, 11) is 0. The normalized spacial score (nSPS) is 16.6. The highest BCUT2D eigenvalue weighted by Crippen LogP contribution is 2.47. The zero-order valence-electron chi connectivity index (χ0n) is 20.6. The van der Waals surface area contributed by atoms with E-state index in [2.05, 4.69) is 84.3 Å². The maximum atomic E-state index is 13.5. The van der Waals surface area contributed by atoms with Crippen LogP contribution in [0.5, 0.6) is 0 Å². The average Bonchev–Trinajstić information content (AvgIpc) is 3.18. The molecule has 176 valence electrons. The van der Waals surface area contributed by atoms with Gasteiger partial charge in [0.15, 0.2) is 0 Å². The van der Waals surface area contributed by atoms with Crippen molar-refractivity contribution in [2.75, 3.05) is 24.5 Å². The minimum Gasteiger partial charge on any atom is -0.366 e. The fourth-order valence-corrected chi connectivity index (χ4v) is 6.25. The molecule has 0 atom stereocenters. The Labute approximate surface area is 208 Å². The van der Waals surface area contributed by atoms with Crippen molar-refractivity contribution in [2.45, 2.75) is 38.6 Å². The molecule has 0 saturated carbocycles. The second-order valence-corrected chi connectivity index (χ2v) is 10.4. The number of nitrogens with zero attached hydrogens (tertiary/aromatic N) is 2. The Balaban J connectivity index is 1.24. The monoisotopic (exact) mass is 460 g/mol. The minimum absolute atomic E-state index is 0.116. The van der Waals surface area contributed by atoms with E-state index in [0.717, 1.165) is 55.4 Å². The van der Waals surface area contributed by atoms with Crippen molar-refractivity contribution in [3.8, 4) is 0 Å². The lowest BCUT2D eigenvalue weighted by Gasteiger charge is -2.40. The number of rotatable bonds is 3. The largest absolute Gasteiger partial charge is 0.366 e. The fraction of sp³-hybridized carbons (Fsp3) is 0.281. The molecule has 0 aromatic heterocycles. The van der Waals surface area contributed by atoms with E-state index in [4.69, 9.17) is 0 Å². The molecule has 1 spiro atoms. The predicted molar refractivity (Wildman–Crippen MR) is 144 cm³/mol. The Kier molecular flexibility index (Phi) is 5.36. The van der Waals surface area contributed by atoms with Gasteiger partial charge in [-0.25, -0.2) is 0 Å². The first kappa shape index (κ1) is 21.9. The quantitative estimate of drug-likeness (QED) is 0.342. The molecule has 3 heteroatoms. The van der Waals surface area contributed by atoms with Gasteiger partial charge >= 0.3 is 0 Å². The first-order valence-electron chi connectivity index (χ1n) is 12.7. The van der Waals surface area contributed by atoms with E-state index in [1.54, 1.807) is 0 Å². The molecule has 4 aromatic carbocycles. The molecule has 2 aliphatic rings. The molecular formula is C32H32N2O. The summed E-state index contributed by atoms with van der Waals surface area (Å²) in [5, 5.41) is 2.17. The van der Waals surface area contributed by atoms with Gasteiger partial charge < -0.3 is 9.80 Å². The Morgan fingerprint density at radius 3 is 2.43 bits per heavy atom. The molecule has 3 nitrogen and oxygen atoms in total. The molecule has 6 rings (SSSR count). The molecule has 0 N–H and O–H groups in total. The summed E-state index contributed by atoms with van der Waals surface area (Å²) in [6.07, 6.45) is 2.01. The number of benzene rings is 4. The van der Waals surface area contributed by atoms with Gasteiger partial charge in [0, 0.05) is 42.8 Å². The number of likely N-dealkylation sites (tertiary alicyclic amines) is 1. The van der Waals surface area contributed by atoms with Crippen LogP contribution in [0.2, 0.25) is 0 Å². The Morgan fingerprint density at radius 1 is 0.857 bits per heavy atom. The molecule has 0 bridgehead atoms. The number of anilines is 1. The summed E-state index contributed by atoms with van der Waals surface area (Å²) in [5.41, 5.74) is 7.83. The zero-order chi connectivity index (χ0) is 24.0. The van der Waals surface area contributed by atoms with Gasteiger partial charge in [-0.1, -0.05) is 78.4 Å². The highest BCUT2D eigenvalue weighted by Gasteiger charge is 2.45. The van der Waals surface area contributed by atoms with Crippen LogP contribution in [0.4, 0.5) is 5.69 Å². The number of aryl methyl sites for hydroxylation is 2. The molecule has 0 unspecified atom stereocenters. The van der Waals surface area contributed by atoms with Gasteiger partial charge in [-0.2, -0.15) is 0 Å². The molecular weight excluding hydrogens is 428 g/mol. The number of piperidine rings is 1. The summed E-state index contributed by atoms with van der Waals surface area (Å²) in [6, 6.07) is 30.0. The van der Waals surface area contributed by atoms with Crippen molar-refractivity contribution in [2.24, 2.45) is 0 Å². The second kappa shape index (κ2) is 8.57. The molecule has 35 heavy (non-hydrogen) atoms. The van der Waals surface area contributed by atoms with Crippen LogP contribution >= 0.6 is 0 Å². The molecule has 1 saturated heterocycles. The van der Waals surface area contributed by atoms with Gasteiger partial charge in [0.1, 0.15) is 0 Å². The van der Waals surface area contributed by atoms with Gasteiger partial charge in [-0.05, 0) is 66.3 Å². The summed E-state index contributed by atoms with van der Waals surface area (Å²) >= 11 is 0. The van der Waals surface area contributed by atoms with E-state index in [1.807, 2.05) is 24.3 Å². The zero-order valence-corrected chi connectivity index (χ0v) is 20.6. The van der Waals surface area contributed by atoms with Crippen LogP contribution in [0, 0.1) is 13.8 Å². The summed E-state index contributed by atoms with van der Waals surface area (Å²) in [4.78, 5) is 18.2. The van der Waals surface area contributed by atoms with Crippen LogP contribution in [-0.4, -0.2) is 30.4 Å². The third kappa shape index (κ3) is 3.80. The third-order valence-corrected chi connectivity index (χ3v) is 8.20. The average molecular weight is 461 g/mol. The third-order valence-electron chi connectivity index (χ3n) is 8.20. The second-order valence-electron chi connectivity index (χ2n) is 10.4. The maximum Gasteiger partial charge on any atom is 0.254 e. The lowest BCUT2D eigenvalue weighted by atomic mass is 9.74. The number of hydrogen-bond acceptors (Lipinski definition) is 2. The smallest absolute Gasteiger partial charge is 0.254 e. The number of para-hydroxylation sites is 1. The van der Waals surface area contributed by atoms with Gasteiger partial charge in [-0.15, -0.1) is 0 Å². The number of carbonyl (C=O) groups is 1. The minimum atomic E-state index is 0.116. The van der Waals surface area contributed by atoms with Gasteiger partial charge in [0.25, 0.3) is 5.91 Å². The number of fused-ring (bicyclic) bond motifs is 3. The highest BCUT2D eigenvalue weighted by molar-refractivity contribution is 6.07. The topological polar surface area (TPSA) is 23.6 Å². The van der Waals surface area contributed by atoms with Crippen LogP contribution in [0.25, 0.3) is 10.8 Å². The van der Waals surface area contributed by atoms with Crippen molar-refractivity contribution >= 4 is 22.4 Å². The molecule has 1 fully saturated rings. The SMILES string of the molecule is Cc1ccc(CN2CC3(CCN(C(=O)c4cccc5ccccc45)CC3)c3ccccc32)c(C)c1. The molecule has 2 aliphatic heterocycles. The van der Waals surface area contributed by atoms with E-state index >= 15 is 0 Å². The van der Waals surface area contributed by atoms with Crippen LogP contribution in [0.3, 0.4) is 0 Å². The number of amides is 1. The van der Waals surface area contributed by atoms with Crippen LogP contribution in [0.15, 0.2) is 84.9 Å². The first-order valence-corrected chi connectivity index (χ1v) is 12.7. The van der Waals surface area contributed by atoms with Crippen molar-refractivity contribution in [3.05, 3.63) is 113 Å². The Hall–Kier alpha value is -3.59. The summed E-state index contributed by atoms with van der Waals surface area (Å²) in [5.74, 6) is 0.162. The fourth-order valence-electron chi connectivity index (χ4n) is 6.25. The van der Waals surface area contributed by atoms with Crippen LogP contribution in [-0.2, 0) is 12.0 Å². The predicted octanol–water partition coefficient (Wildman–Crippen LogP) is 6.65. The van der Waals surface area contributed by atoms with E-state index in [1.165, 1.54) is 27.9 Å². The highest BCUT2D eigenvalue weighted by atomic mass is 16.2. The van der Waals surface area contributed by atoms with Crippen molar-refractivity contribution in [3.63, 3.8) is 0 Å². The van der Waals surface area contributed by atoms with Crippen molar-refractivity contribution in [1.29, 1.82) is 0 Å². The lowest BCUT2D eigenvalue weighted by molar-refractivity contribution is 0.0676. The Bertz CT molecular complexity index is 1410. The summed E-state index contributed by atoms with van der Waals surface area (Å²) in [6.45, 7) is 7.93. The summed E-state index contributed by atoms with van der Waals surface area (Å²) < 4.78 is 0. The van der Waals surface area contributed by atoms with Gasteiger partial charge in [-0.3, -0.25) is 4.79 Å². The van der Waals surface area contributed by atoms with Crippen LogP contribution in [0.1, 0.15) is 45.5 Å². The molecule has 4 aromatic rings. The van der Waals surface area contributed by atoms with Crippen molar-refractivity contribution in [1.82, 2.24) is 4.90 Å². The maximum absolute atomic E-state index is 13.5. The van der Waals surface area contributed by atoms with Gasteiger partial charge in [0.05, 0.1) is 0 Å². The van der Waals surface area contributed by atoms with E-state index in [-0.39, 0.29) is 11.3 Å². The van der Waals surface area contributed by atoms with Crippen molar-refractivity contribution < 1.29 is 4.79 Å². The van der Waals surface area contributed by atoms with E-state index in [0.29, 0.717) is 0 Å². The Morgan fingerprint density at radius 2 is 1.60 bits per heavy atom. The van der Waals surface area contributed by atoms with E-state index < -0.39 is 0 Å². The molecule has 0 radical (unpaired) electrons. The van der Waals surface area contributed by atoms with Gasteiger partial charge in [0.2, 0.25) is 0 Å². The van der Waals surface area contributed by atoms with E-state index in [9.17, 15) is 4.79 Å². The standard InChI is InChI=1S/C32H32N2O/c1-23-14-15-26(24(2)20-23)21-34-22-32(29-12-5-6-13-30(29)34)16-18-33(19-17-32)31(35)28-11-7-9-25-8-3-4-10-27(25)28/h3-15,20H,16-19,21-22H2,1-2H3. The number of hydrogen-bond donors (Lipinski definition) is 0. The number of carbonyl (C=O) groups excluding carboxylic acids is 1. The molecule has 0 aliphatic carbocycles.